The summed E-state index contributed by atoms with van der Waals surface area (Å²) in [6.07, 6.45) is -2.27. The molecule has 0 aliphatic rings. The lowest BCUT2D eigenvalue weighted by atomic mass is 9.97. The van der Waals surface area contributed by atoms with Gasteiger partial charge in [0, 0.05) is 6.54 Å². The average Bonchev–Trinajstić information content (AvgIpc) is 3.05. The monoisotopic (exact) mass is 630 g/mol. The number of amides is 4. The second-order valence-corrected chi connectivity index (χ2v) is 12.2. The van der Waals surface area contributed by atoms with Crippen LogP contribution in [0.2, 0.25) is 0 Å². The van der Waals surface area contributed by atoms with Crippen molar-refractivity contribution in [3.8, 4) is 0 Å². The number of carbonyl (C=O) groups excluding carboxylic acids is 4. The standard InChI is InChI=1S/C36H46N4O6/c1-24(2)22-40(34(43)29(37)20-26-14-8-5-9-15-26)35(44)32(41)30(21-27-16-10-6-11-17-27)38-33(42)31(25(3)4)39-36(45)46-23-28-18-12-7-13-19-28/h5-19,24-25,29-32,41H,20-23,37H2,1-4H3,(H,38,42)(H,39,45)/t29-,30-,31-,32+/m0/s1. The first kappa shape index (κ1) is 35.9. The molecule has 0 aliphatic heterocycles. The fourth-order valence-corrected chi connectivity index (χ4v) is 4.95. The van der Waals surface area contributed by atoms with Crippen LogP contribution in [0.15, 0.2) is 91.0 Å². The van der Waals surface area contributed by atoms with Crippen molar-refractivity contribution in [1.82, 2.24) is 15.5 Å². The molecule has 5 N–H and O–H groups in total. The Morgan fingerprint density at radius 1 is 0.739 bits per heavy atom. The molecule has 3 aromatic rings. The van der Waals surface area contributed by atoms with E-state index in [1.54, 1.807) is 26.0 Å². The Hall–Kier alpha value is -4.54. The van der Waals surface area contributed by atoms with Gasteiger partial charge in [0.2, 0.25) is 11.8 Å². The maximum absolute atomic E-state index is 13.9. The van der Waals surface area contributed by atoms with E-state index >= 15 is 0 Å². The van der Waals surface area contributed by atoms with Crippen LogP contribution in [0.25, 0.3) is 0 Å². The van der Waals surface area contributed by atoms with Gasteiger partial charge in [-0.25, -0.2) is 4.79 Å². The Kier molecular flexibility index (Phi) is 13.9. The molecule has 0 aliphatic carbocycles. The lowest BCUT2D eigenvalue weighted by Crippen LogP contribution is -2.59. The zero-order valence-corrected chi connectivity index (χ0v) is 27.0. The molecule has 0 unspecified atom stereocenters. The van der Waals surface area contributed by atoms with Crippen molar-refractivity contribution in [2.75, 3.05) is 6.54 Å². The summed E-state index contributed by atoms with van der Waals surface area (Å²) in [5, 5.41) is 16.9. The first-order valence-corrected chi connectivity index (χ1v) is 15.6. The Bertz CT molecular complexity index is 1400. The molecule has 246 valence electrons. The van der Waals surface area contributed by atoms with Crippen molar-refractivity contribution in [3.05, 3.63) is 108 Å². The summed E-state index contributed by atoms with van der Waals surface area (Å²) in [5.74, 6) is -2.55. The van der Waals surface area contributed by atoms with E-state index in [1.165, 1.54) is 0 Å². The van der Waals surface area contributed by atoms with Crippen LogP contribution >= 0.6 is 0 Å². The lowest BCUT2D eigenvalue weighted by molar-refractivity contribution is -0.153. The number of aliphatic hydroxyl groups excluding tert-OH is 1. The number of carbonyl (C=O) groups is 4. The number of imide groups is 1. The molecule has 0 aromatic heterocycles. The number of nitrogens with two attached hydrogens (primary N) is 1. The molecule has 0 heterocycles. The highest BCUT2D eigenvalue weighted by atomic mass is 16.5. The molecule has 10 heteroatoms. The van der Waals surface area contributed by atoms with Gasteiger partial charge >= 0.3 is 6.09 Å². The van der Waals surface area contributed by atoms with Gasteiger partial charge in [-0.15, -0.1) is 0 Å². The summed E-state index contributed by atoms with van der Waals surface area (Å²) in [4.78, 5) is 54.6. The smallest absolute Gasteiger partial charge is 0.408 e. The van der Waals surface area contributed by atoms with E-state index in [0.717, 1.165) is 21.6 Å². The van der Waals surface area contributed by atoms with Crippen molar-refractivity contribution in [2.45, 2.75) is 71.4 Å². The molecular weight excluding hydrogens is 584 g/mol. The van der Waals surface area contributed by atoms with E-state index in [2.05, 4.69) is 10.6 Å². The van der Waals surface area contributed by atoms with Crippen LogP contribution in [0.1, 0.15) is 44.4 Å². The summed E-state index contributed by atoms with van der Waals surface area (Å²) in [6.45, 7) is 7.27. The zero-order valence-electron chi connectivity index (χ0n) is 27.0. The third-order valence-electron chi connectivity index (χ3n) is 7.39. The summed E-state index contributed by atoms with van der Waals surface area (Å²) < 4.78 is 5.32. The van der Waals surface area contributed by atoms with Crippen LogP contribution in [-0.2, 0) is 38.6 Å². The van der Waals surface area contributed by atoms with E-state index in [4.69, 9.17) is 10.5 Å². The van der Waals surface area contributed by atoms with Crippen molar-refractivity contribution < 1.29 is 29.0 Å². The maximum Gasteiger partial charge on any atom is 0.408 e. The van der Waals surface area contributed by atoms with Crippen LogP contribution in [0.5, 0.6) is 0 Å². The molecule has 0 spiro atoms. The van der Waals surface area contributed by atoms with Gasteiger partial charge in [-0.2, -0.15) is 0 Å². The molecular formula is C36H46N4O6. The fourth-order valence-electron chi connectivity index (χ4n) is 4.95. The highest BCUT2D eigenvalue weighted by Gasteiger charge is 2.37. The van der Waals surface area contributed by atoms with E-state index in [1.807, 2.05) is 92.7 Å². The maximum atomic E-state index is 13.9. The van der Waals surface area contributed by atoms with Crippen molar-refractivity contribution in [3.63, 3.8) is 0 Å². The molecule has 4 atom stereocenters. The third-order valence-corrected chi connectivity index (χ3v) is 7.39. The molecule has 0 saturated heterocycles. The third kappa shape index (κ3) is 11.1. The number of rotatable bonds is 15. The Morgan fingerprint density at radius 2 is 1.24 bits per heavy atom. The first-order chi connectivity index (χ1) is 22.0. The molecule has 3 rings (SSSR count). The molecule has 0 fully saturated rings. The van der Waals surface area contributed by atoms with E-state index in [-0.39, 0.29) is 37.8 Å². The molecule has 0 saturated carbocycles. The van der Waals surface area contributed by atoms with Gasteiger partial charge < -0.3 is 26.2 Å². The van der Waals surface area contributed by atoms with Gasteiger partial charge in [0.25, 0.3) is 5.91 Å². The van der Waals surface area contributed by atoms with Gasteiger partial charge in [-0.3, -0.25) is 19.3 Å². The summed E-state index contributed by atoms with van der Waals surface area (Å²) in [6, 6.07) is 24.2. The summed E-state index contributed by atoms with van der Waals surface area (Å²) in [5.41, 5.74) is 8.65. The number of benzene rings is 3. The first-order valence-electron chi connectivity index (χ1n) is 15.6. The highest BCUT2D eigenvalue weighted by Crippen LogP contribution is 2.14. The number of hydrogen-bond acceptors (Lipinski definition) is 7. The average molecular weight is 631 g/mol. The van der Waals surface area contributed by atoms with E-state index in [9.17, 15) is 24.3 Å². The van der Waals surface area contributed by atoms with Crippen molar-refractivity contribution in [1.29, 1.82) is 0 Å². The summed E-state index contributed by atoms with van der Waals surface area (Å²) in [7, 11) is 0. The fraction of sp³-hybridized carbons (Fsp3) is 0.389. The number of ether oxygens (including phenoxy) is 1. The van der Waals surface area contributed by atoms with Gasteiger partial charge in [-0.1, -0.05) is 119 Å². The topological polar surface area (TPSA) is 151 Å². The molecule has 0 radical (unpaired) electrons. The number of hydrogen-bond donors (Lipinski definition) is 4. The molecule has 46 heavy (non-hydrogen) atoms. The second-order valence-electron chi connectivity index (χ2n) is 12.2. The molecule has 4 amide bonds. The van der Waals surface area contributed by atoms with Crippen LogP contribution in [0.3, 0.4) is 0 Å². The predicted molar refractivity (Wildman–Crippen MR) is 176 cm³/mol. The normalized spacial score (nSPS) is 13.7. The highest BCUT2D eigenvalue weighted by molar-refractivity contribution is 6.00. The van der Waals surface area contributed by atoms with Gasteiger partial charge in [0.15, 0.2) is 6.10 Å². The van der Waals surface area contributed by atoms with Crippen LogP contribution in [0, 0.1) is 11.8 Å². The Balaban J connectivity index is 1.80. The van der Waals surface area contributed by atoms with Crippen LogP contribution in [0.4, 0.5) is 4.79 Å². The SMILES string of the molecule is CC(C)CN(C(=O)[C@@H](N)Cc1ccccc1)C(=O)[C@H](O)[C@H](Cc1ccccc1)NC(=O)[C@@H](NC(=O)OCc1ccccc1)C(C)C. The lowest BCUT2D eigenvalue weighted by Gasteiger charge is -2.32. The molecule has 10 nitrogen and oxygen atoms in total. The number of nitrogens with one attached hydrogen (secondary N) is 2. The predicted octanol–water partition coefficient (Wildman–Crippen LogP) is 3.61. The molecule has 0 bridgehead atoms. The Morgan fingerprint density at radius 3 is 1.74 bits per heavy atom. The number of aliphatic hydroxyl groups is 1. The van der Waals surface area contributed by atoms with Gasteiger partial charge in [-0.05, 0) is 41.4 Å². The molecule has 3 aromatic carbocycles. The second kappa shape index (κ2) is 17.8. The quantitative estimate of drug-likeness (QED) is 0.200. The van der Waals surface area contributed by atoms with Crippen molar-refractivity contribution in [2.24, 2.45) is 17.6 Å². The van der Waals surface area contributed by atoms with E-state index in [0.29, 0.717) is 0 Å². The van der Waals surface area contributed by atoms with Crippen molar-refractivity contribution >= 4 is 23.8 Å². The minimum Gasteiger partial charge on any atom is -0.445 e. The minimum atomic E-state index is -1.78. The van der Waals surface area contributed by atoms with E-state index < -0.39 is 48.0 Å². The Labute approximate surface area is 271 Å². The number of nitrogens with zero attached hydrogens (tertiary/aromatic N) is 1. The van der Waals surface area contributed by atoms with Gasteiger partial charge in [0.1, 0.15) is 12.6 Å². The largest absolute Gasteiger partial charge is 0.445 e. The minimum absolute atomic E-state index is 0.0229. The zero-order chi connectivity index (χ0) is 33.6. The van der Waals surface area contributed by atoms with Crippen LogP contribution in [-0.4, -0.2) is 64.6 Å². The summed E-state index contributed by atoms with van der Waals surface area (Å²) >= 11 is 0. The van der Waals surface area contributed by atoms with Crippen LogP contribution < -0.4 is 16.4 Å². The van der Waals surface area contributed by atoms with Gasteiger partial charge in [0.05, 0.1) is 12.1 Å². The number of alkyl carbamates (subject to hydrolysis) is 1.